The third-order valence-corrected chi connectivity index (χ3v) is 5.07. The first-order valence-corrected chi connectivity index (χ1v) is 10.1. The molecular weight excluding hydrogens is 412 g/mol. The normalized spacial score (nSPS) is 12.1. The van der Waals surface area contributed by atoms with E-state index < -0.39 is 12.1 Å². The lowest BCUT2D eigenvalue weighted by atomic mass is 9.98. The summed E-state index contributed by atoms with van der Waals surface area (Å²) in [4.78, 5) is 37.7. The number of rotatable bonds is 8. The Morgan fingerprint density at radius 1 is 1.19 bits per heavy atom. The van der Waals surface area contributed by atoms with Crippen molar-refractivity contribution in [3.05, 3.63) is 64.7 Å². The third-order valence-electron chi connectivity index (χ3n) is 5.07. The van der Waals surface area contributed by atoms with Crippen molar-refractivity contribution in [1.82, 2.24) is 19.9 Å². The number of aromatic amines is 2. The molecule has 4 rings (SSSR count). The van der Waals surface area contributed by atoms with Crippen molar-refractivity contribution in [3.8, 4) is 28.3 Å². The summed E-state index contributed by atoms with van der Waals surface area (Å²) in [6.45, 7) is 2.31. The molecular formula is C23H22N4O5. The van der Waals surface area contributed by atoms with Crippen molar-refractivity contribution in [2.45, 2.75) is 19.4 Å². The Hall–Kier alpha value is -3.98. The molecule has 0 aliphatic heterocycles. The van der Waals surface area contributed by atoms with Crippen molar-refractivity contribution < 1.29 is 19.4 Å². The Morgan fingerprint density at radius 3 is 2.75 bits per heavy atom. The van der Waals surface area contributed by atoms with E-state index in [4.69, 9.17) is 9.47 Å². The molecule has 0 fully saturated rings. The Morgan fingerprint density at radius 2 is 2.00 bits per heavy atom. The van der Waals surface area contributed by atoms with Crippen LogP contribution in [0, 0.1) is 0 Å². The number of hydrogen-bond acceptors (Lipinski definition) is 6. The molecule has 3 N–H and O–H groups in total. The summed E-state index contributed by atoms with van der Waals surface area (Å²) in [5.41, 5.74) is 3.58. The fourth-order valence-corrected chi connectivity index (χ4v) is 3.51. The van der Waals surface area contributed by atoms with Gasteiger partial charge in [0.15, 0.2) is 17.3 Å². The number of fused-ring (bicyclic) bond motifs is 1. The highest BCUT2D eigenvalue weighted by Crippen LogP contribution is 2.33. The van der Waals surface area contributed by atoms with E-state index in [1.165, 1.54) is 13.4 Å². The SMILES string of the molecule is CCOc1cc(-c2cccc(C[C@H](OC)C(=O)O)c2)ccc1-c1nc2[nH]cnc2c(=O)[nH]1. The highest BCUT2D eigenvalue weighted by atomic mass is 16.5. The smallest absolute Gasteiger partial charge is 0.333 e. The molecule has 0 aliphatic rings. The Bertz CT molecular complexity index is 1330. The number of carboxylic acids is 1. The van der Waals surface area contributed by atoms with E-state index in [0.29, 0.717) is 29.4 Å². The molecule has 9 nitrogen and oxygen atoms in total. The van der Waals surface area contributed by atoms with E-state index in [1.54, 1.807) is 0 Å². The summed E-state index contributed by atoms with van der Waals surface area (Å²) >= 11 is 0. The largest absolute Gasteiger partial charge is 0.493 e. The van der Waals surface area contributed by atoms with Crippen LogP contribution in [0.4, 0.5) is 0 Å². The summed E-state index contributed by atoms with van der Waals surface area (Å²) in [7, 11) is 1.38. The lowest BCUT2D eigenvalue weighted by Crippen LogP contribution is -2.24. The maximum atomic E-state index is 12.3. The number of nitrogens with one attached hydrogen (secondary N) is 2. The van der Waals surface area contributed by atoms with Gasteiger partial charge in [-0.25, -0.2) is 14.8 Å². The fraction of sp³-hybridized carbons (Fsp3) is 0.217. The van der Waals surface area contributed by atoms with Gasteiger partial charge in [-0.05, 0) is 35.7 Å². The fourth-order valence-electron chi connectivity index (χ4n) is 3.51. The van der Waals surface area contributed by atoms with Crippen molar-refractivity contribution in [2.24, 2.45) is 0 Å². The molecule has 164 valence electrons. The van der Waals surface area contributed by atoms with Gasteiger partial charge in [0.25, 0.3) is 5.56 Å². The van der Waals surface area contributed by atoms with Crippen LogP contribution < -0.4 is 10.3 Å². The van der Waals surface area contributed by atoms with Crippen LogP contribution in [-0.2, 0) is 16.0 Å². The van der Waals surface area contributed by atoms with E-state index >= 15 is 0 Å². The number of ether oxygens (including phenoxy) is 2. The van der Waals surface area contributed by atoms with E-state index in [9.17, 15) is 14.7 Å². The van der Waals surface area contributed by atoms with Crippen LogP contribution in [-0.4, -0.2) is 50.8 Å². The van der Waals surface area contributed by atoms with E-state index in [-0.39, 0.29) is 17.5 Å². The molecule has 0 saturated heterocycles. The number of benzene rings is 2. The van der Waals surface area contributed by atoms with Gasteiger partial charge >= 0.3 is 5.97 Å². The van der Waals surface area contributed by atoms with Gasteiger partial charge in [0, 0.05) is 13.5 Å². The summed E-state index contributed by atoms with van der Waals surface area (Å²) in [5.74, 6) is -0.0609. The van der Waals surface area contributed by atoms with Crippen LogP contribution in [0.3, 0.4) is 0 Å². The summed E-state index contributed by atoms with van der Waals surface area (Å²) in [5, 5.41) is 9.25. The molecule has 0 unspecified atom stereocenters. The molecule has 4 aromatic rings. The Labute approximate surface area is 183 Å². The topological polar surface area (TPSA) is 130 Å². The molecule has 0 bridgehead atoms. The van der Waals surface area contributed by atoms with Gasteiger partial charge in [0.2, 0.25) is 0 Å². The standard InChI is InChI=1S/C23H22N4O5/c1-3-32-17-11-15(14-6-4-5-13(9-14)10-18(31-2)23(29)30)7-8-16(17)20-26-21-19(22(28)27-20)24-12-25-21/h4-9,11-12,18H,3,10H2,1-2H3,(H,29,30)(H2,24,25,26,27,28)/t18-/m0/s1. The summed E-state index contributed by atoms with van der Waals surface area (Å²) in [6, 6.07) is 13.2. The highest BCUT2D eigenvalue weighted by molar-refractivity contribution is 5.77. The second kappa shape index (κ2) is 9.03. The first kappa shape index (κ1) is 21.3. The Kier molecular flexibility index (Phi) is 6.00. The predicted octanol–water partition coefficient (Wildman–Crippen LogP) is 3.02. The van der Waals surface area contributed by atoms with E-state index in [1.807, 2.05) is 49.4 Å². The molecule has 0 spiro atoms. The van der Waals surface area contributed by atoms with Gasteiger partial charge in [-0.3, -0.25) is 4.79 Å². The number of carbonyl (C=O) groups is 1. The molecule has 0 saturated carbocycles. The van der Waals surface area contributed by atoms with E-state index in [2.05, 4.69) is 19.9 Å². The summed E-state index contributed by atoms with van der Waals surface area (Å²) < 4.78 is 10.9. The number of imidazole rings is 1. The van der Waals surface area contributed by atoms with Crippen LogP contribution in [0.2, 0.25) is 0 Å². The first-order valence-electron chi connectivity index (χ1n) is 10.1. The zero-order chi connectivity index (χ0) is 22.7. The molecule has 0 aliphatic carbocycles. The number of hydrogen-bond donors (Lipinski definition) is 3. The van der Waals surface area contributed by atoms with Gasteiger partial charge in [-0.2, -0.15) is 0 Å². The minimum atomic E-state index is -1.00. The third kappa shape index (κ3) is 4.23. The predicted molar refractivity (Wildman–Crippen MR) is 119 cm³/mol. The van der Waals surface area contributed by atoms with Gasteiger partial charge < -0.3 is 24.5 Å². The van der Waals surface area contributed by atoms with Gasteiger partial charge in [0.1, 0.15) is 11.6 Å². The average Bonchev–Trinajstić information content (AvgIpc) is 3.27. The number of aromatic nitrogens is 4. The zero-order valence-electron chi connectivity index (χ0n) is 17.6. The number of nitrogens with zero attached hydrogens (tertiary/aromatic N) is 2. The molecule has 2 aromatic heterocycles. The first-order chi connectivity index (χ1) is 15.5. The van der Waals surface area contributed by atoms with Crippen molar-refractivity contribution in [1.29, 1.82) is 0 Å². The van der Waals surface area contributed by atoms with Crippen molar-refractivity contribution >= 4 is 17.1 Å². The molecule has 2 heterocycles. The second-order valence-electron chi connectivity index (χ2n) is 7.13. The quantitative estimate of drug-likeness (QED) is 0.389. The monoisotopic (exact) mass is 434 g/mol. The van der Waals surface area contributed by atoms with Gasteiger partial charge in [-0.1, -0.05) is 30.3 Å². The molecule has 1 atom stereocenters. The van der Waals surface area contributed by atoms with Crippen LogP contribution >= 0.6 is 0 Å². The second-order valence-corrected chi connectivity index (χ2v) is 7.13. The van der Waals surface area contributed by atoms with Gasteiger partial charge in [0.05, 0.1) is 18.5 Å². The number of aliphatic carboxylic acids is 1. The minimum absolute atomic E-state index is 0.246. The molecule has 2 aromatic carbocycles. The molecule has 9 heteroatoms. The maximum absolute atomic E-state index is 12.3. The lowest BCUT2D eigenvalue weighted by molar-refractivity contribution is -0.148. The van der Waals surface area contributed by atoms with Crippen molar-refractivity contribution in [3.63, 3.8) is 0 Å². The minimum Gasteiger partial charge on any atom is -0.493 e. The zero-order valence-corrected chi connectivity index (χ0v) is 17.6. The number of H-pyrrole nitrogens is 2. The van der Waals surface area contributed by atoms with Crippen LogP contribution in [0.15, 0.2) is 53.6 Å². The highest BCUT2D eigenvalue weighted by Gasteiger charge is 2.18. The van der Waals surface area contributed by atoms with Crippen molar-refractivity contribution in [2.75, 3.05) is 13.7 Å². The van der Waals surface area contributed by atoms with Gasteiger partial charge in [-0.15, -0.1) is 0 Å². The molecule has 0 amide bonds. The van der Waals surface area contributed by atoms with Crippen LogP contribution in [0.5, 0.6) is 5.75 Å². The average molecular weight is 434 g/mol. The van der Waals surface area contributed by atoms with Crippen LogP contribution in [0.1, 0.15) is 12.5 Å². The summed E-state index contributed by atoms with van der Waals surface area (Å²) in [6.07, 6.45) is 0.770. The lowest BCUT2D eigenvalue weighted by Gasteiger charge is -2.14. The Balaban J connectivity index is 1.72. The maximum Gasteiger partial charge on any atom is 0.333 e. The van der Waals surface area contributed by atoms with Crippen LogP contribution in [0.25, 0.3) is 33.7 Å². The number of carboxylic acid groups (broad SMARTS) is 1. The molecule has 32 heavy (non-hydrogen) atoms. The van der Waals surface area contributed by atoms with E-state index in [0.717, 1.165) is 16.7 Å². The number of methoxy groups -OCH3 is 1. The molecule has 0 radical (unpaired) electrons.